The molecule has 15 heavy (non-hydrogen) atoms. The van der Waals surface area contributed by atoms with E-state index in [0.29, 0.717) is 13.0 Å². The Labute approximate surface area is 91.4 Å². The van der Waals surface area contributed by atoms with Crippen molar-refractivity contribution >= 4 is 5.97 Å². The van der Waals surface area contributed by atoms with Crippen LogP contribution in [0.5, 0.6) is 0 Å². The van der Waals surface area contributed by atoms with Gasteiger partial charge >= 0.3 is 5.97 Å². The van der Waals surface area contributed by atoms with Crippen molar-refractivity contribution in [3.8, 4) is 0 Å². The zero-order valence-electron chi connectivity index (χ0n) is 9.34. The standard InChI is InChI=1S/C12H21NO2/c13-9-10-12(8-11(14)15-10)6-4-2-1-3-5-7-12/h10H,1-9,13H2. The third-order valence-electron chi connectivity index (χ3n) is 4.02. The lowest BCUT2D eigenvalue weighted by molar-refractivity contribution is -0.141. The normalized spacial score (nSPS) is 31.0. The Balaban J connectivity index is 2.09. The molecule has 1 heterocycles. The first-order valence-corrected chi connectivity index (χ1v) is 6.16. The summed E-state index contributed by atoms with van der Waals surface area (Å²) in [4.78, 5) is 11.4. The molecule has 86 valence electrons. The maximum absolute atomic E-state index is 11.4. The van der Waals surface area contributed by atoms with E-state index >= 15 is 0 Å². The van der Waals surface area contributed by atoms with Crippen molar-refractivity contribution in [1.29, 1.82) is 0 Å². The van der Waals surface area contributed by atoms with Crippen molar-refractivity contribution in [1.82, 2.24) is 0 Å². The largest absolute Gasteiger partial charge is 0.460 e. The fourth-order valence-electron chi connectivity index (χ4n) is 3.13. The summed E-state index contributed by atoms with van der Waals surface area (Å²) >= 11 is 0. The molecule has 0 bridgehead atoms. The van der Waals surface area contributed by atoms with Crippen LogP contribution in [0, 0.1) is 5.41 Å². The molecular formula is C12H21NO2. The molecule has 3 heteroatoms. The van der Waals surface area contributed by atoms with Crippen molar-refractivity contribution in [3.05, 3.63) is 0 Å². The van der Waals surface area contributed by atoms with E-state index in [1.54, 1.807) is 0 Å². The molecule has 1 aliphatic carbocycles. The molecule has 2 aliphatic rings. The fraction of sp³-hybridized carbons (Fsp3) is 0.917. The van der Waals surface area contributed by atoms with Crippen LogP contribution in [0.4, 0.5) is 0 Å². The Morgan fingerprint density at radius 3 is 2.40 bits per heavy atom. The van der Waals surface area contributed by atoms with Gasteiger partial charge in [0, 0.05) is 12.0 Å². The minimum Gasteiger partial charge on any atom is -0.460 e. The summed E-state index contributed by atoms with van der Waals surface area (Å²) in [6, 6.07) is 0. The van der Waals surface area contributed by atoms with Crippen LogP contribution in [0.2, 0.25) is 0 Å². The summed E-state index contributed by atoms with van der Waals surface area (Å²) in [7, 11) is 0. The molecule has 1 spiro atoms. The minimum absolute atomic E-state index is 0.0110. The molecule has 1 saturated heterocycles. The zero-order valence-corrected chi connectivity index (χ0v) is 9.34. The second-order valence-electron chi connectivity index (χ2n) is 5.02. The monoisotopic (exact) mass is 211 g/mol. The van der Waals surface area contributed by atoms with Crippen molar-refractivity contribution < 1.29 is 9.53 Å². The van der Waals surface area contributed by atoms with Gasteiger partial charge < -0.3 is 10.5 Å². The average Bonchev–Trinajstić information content (AvgIpc) is 2.50. The van der Waals surface area contributed by atoms with E-state index in [9.17, 15) is 4.79 Å². The lowest BCUT2D eigenvalue weighted by Gasteiger charge is -2.33. The first-order valence-electron chi connectivity index (χ1n) is 6.16. The number of carbonyl (C=O) groups is 1. The Bertz CT molecular complexity index is 232. The predicted molar refractivity (Wildman–Crippen MR) is 58.3 cm³/mol. The van der Waals surface area contributed by atoms with Crippen LogP contribution >= 0.6 is 0 Å². The SMILES string of the molecule is NCC1OC(=O)CC12CCCCCCC2. The highest BCUT2D eigenvalue weighted by Crippen LogP contribution is 2.45. The molecule has 2 fully saturated rings. The van der Waals surface area contributed by atoms with E-state index in [1.807, 2.05) is 0 Å². The van der Waals surface area contributed by atoms with Gasteiger partial charge in [-0.25, -0.2) is 0 Å². The van der Waals surface area contributed by atoms with Gasteiger partial charge in [0.15, 0.2) is 0 Å². The summed E-state index contributed by atoms with van der Waals surface area (Å²) in [6.45, 7) is 0.492. The summed E-state index contributed by atoms with van der Waals surface area (Å²) in [5.74, 6) is -0.0361. The van der Waals surface area contributed by atoms with E-state index in [0.717, 1.165) is 12.8 Å². The first kappa shape index (κ1) is 10.9. The number of ether oxygens (including phenoxy) is 1. The Kier molecular flexibility index (Phi) is 3.29. The summed E-state index contributed by atoms with van der Waals surface area (Å²) in [5.41, 5.74) is 5.80. The van der Waals surface area contributed by atoms with Crippen LogP contribution in [-0.2, 0) is 9.53 Å². The van der Waals surface area contributed by atoms with Gasteiger partial charge in [0.1, 0.15) is 6.10 Å². The number of esters is 1. The molecule has 0 aromatic carbocycles. The Hall–Kier alpha value is -0.570. The maximum Gasteiger partial charge on any atom is 0.306 e. The van der Waals surface area contributed by atoms with Crippen molar-refractivity contribution in [3.63, 3.8) is 0 Å². The highest BCUT2D eigenvalue weighted by atomic mass is 16.6. The minimum atomic E-state index is -0.0361. The van der Waals surface area contributed by atoms with Crippen LogP contribution in [0.25, 0.3) is 0 Å². The zero-order chi connectivity index (χ0) is 10.7. The predicted octanol–water partition coefficient (Wildman–Crippen LogP) is 1.99. The molecule has 3 nitrogen and oxygen atoms in total. The maximum atomic E-state index is 11.4. The average molecular weight is 211 g/mol. The van der Waals surface area contributed by atoms with E-state index in [1.165, 1.54) is 32.1 Å². The van der Waals surface area contributed by atoms with Gasteiger partial charge in [-0.15, -0.1) is 0 Å². The number of hydrogen-bond acceptors (Lipinski definition) is 3. The quantitative estimate of drug-likeness (QED) is 0.675. The second-order valence-corrected chi connectivity index (χ2v) is 5.02. The van der Waals surface area contributed by atoms with E-state index < -0.39 is 0 Å². The molecule has 1 unspecified atom stereocenters. The van der Waals surface area contributed by atoms with E-state index in [-0.39, 0.29) is 17.5 Å². The molecular weight excluding hydrogens is 190 g/mol. The van der Waals surface area contributed by atoms with Crippen molar-refractivity contribution in [2.75, 3.05) is 6.54 Å². The van der Waals surface area contributed by atoms with Gasteiger partial charge in [-0.3, -0.25) is 4.79 Å². The number of cyclic esters (lactones) is 1. The fourth-order valence-corrected chi connectivity index (χ4v) is 3.13. The van der Waals surface area contributed by atoms with Gasteiger partial charge in [-0.1, -0.05) is 32.1 Å². The molecule has 1 aliphatic heterocycles. The lowest BCUT2D eigenvalue weighted by atomic mass is 9.71. The number of carbonyl (C=O) groups excluding carboxylic acids is 1. The number of hydrogen-bond donors (Lipinski definition) is 1. The van der Waals surface area contributed by atoms with Gasteiger partial charge in [0.2, 0.25) is 0 Å². The number of rotatable bonds is 1. The van der Waals surface area contributed by atoms with Gasteiger partial charge in [0.25, 0.3) is 0 Å². The molecule has 0 aromatic heterocycles. The van der Waals surface area contributed by atoms with Gasteiger partial charge in [-0.2, -0.15) is 0 Å². The molecule has 2 rings (SSSR count). The molecule has 0 amide bonds. The summed E-state index contributed by atoms with van der Waals surface area (Å²) in [6.07, 6.45) is 9.25. The highest BCUT2D eigenvalue weighted by Gasteiger charge is 2.47. The molecule has 1 atom stereocenters. The van der Waals surface area contributed by atoms with Crippen LogP contribution in [0.3, 0.4) is 0 Å². The van der Waals surface area contributed by atoms with E-state index in [4.69, 9.17) is 10.5 Å². The first-order chi connectivity index (χ1) is 7.27. The Morgan fingerprint density at radius 2 is 1.80 bits per heavy atom. The van der Waals surface area contributed by atoms with Crippen LogP contribution in [0.1, 0.15) is 51.4 Å². The topological polar surface area (TPSA) is 52.3 Å². The van der Waals surface area contributed by atoms with Crippen LogP contribution in [-0.4, -0.2) is 18.6 Å². The smallest absolute Gasteiger partial charge is 0.306 e. The third kappa shape index (κ3) is 2.17. The van der Waals surface area contributed by atoms with Crippen LogP contribution in [0.15, 0.2) is 0 Å². The van der Waals surface area contributed by atoms with Gasteiger partial charge in [0.05, 0.1) is 6.42 Å². The number of nitrogens with two attached hydrogens (primary N) is 1. The summed E-state index contributed by atoms with van der Waals surface area (Å²) < 4.78 is 5.34. The van der Waals surface area contributed by atoms with Gasteiger partial charge in [-0.05, 0) is 12.8 Å². The lowest BCUT2D eigenvalue weighted by Crippen LogP contribution is -2.37. The highest BCUT2D eigenvalue weighted by molar-refractivity contribution is 5.73. The van der Waals surface area contributed by atoms with Crippen LogP contribution < -0.4 is 5.73 Å². The van der Waals surface area contributed by atoms with Crippen molar-refractivity contribution in [2.45, 2.75) is 57.5 Å². The van der Waals surface area contributed by atoms with E-state index in [2.05, 4.69) is 0 Å². The summed E-state index contributed by atoms with van der Waals surface area (Å²) in [5, 5.41) is 0. The second kappa shape index (κ2) is 4.52. The third-order valence-corrected chi connectivity index (χ3v) is 4.02. The molecule has 0 radical (unpaired) electrons. The Morgan fingerprint density at radius 1 is 1.20 bits per heavy atom. The molecule has 2 N–H and O–H groups in total. The molecule has 1 saturated carbocycles. The van der Waals surface area contributed by atoms with Crippen molar-refractivity contribution in [2.24, 2.45) is 11.1 Å². The molecule has 0 aromatic rings.